The zero-order valence-corrected chi connectivity index (χ0v) is 25.4. The van der Waals surface area contributed by atoms with Crippen LogP contribution in [-0.4, -0.2) is 71.2 Å². The minimum Gasteiger partial charge on any atom is -0.633 e. The Morgan fingerprint density at radius 3 is 0.633 bits per heavy atom. The third-order valence-corrected chi connectivity index (χ3v) is 0. The van der Waals surface area contributed by atoms with Crippen molar-refractivity contribution in [3.8, 4) is 0 Å². The van der Waals surface area contributed by atoms with Gasteiger partial charge in [-0.05, 0) is 33.0 Å². The van der Waals surface area contributed by atoms with Crippen molar-refractivity contribution in [3.05, 3.63) is 5.21 Å². The molecule has 5 heteroatoms. The molecule has 30 heavy (non-hydrogen) atoms. The fraction of sp³-hybridized carbons (Fsp3) is 1.00. The van der Waals surface area contributed by atoms with Gasteiger partial charge in [-0.1, -0.05) is 102 Å². The lowest BCUT2D eigenvalue weighted by molar-refractivity contribution is -0.818. The summed E-state index contributed by atoms with van der Waals surface area (Å²) in [5.74, 6) is 1.67. The van der Waals surface area contributed by atoms with E-state index in [9.17, 15) is 9.60 Å². The Kier molecular flexibility index (Phi) is 134. The molecule has 0 atom stereocenters. The fourth-order valence-corrected chi connectivity index (χ4v) is 0. The molecule has 0 aromatic rings. The number of nitrogens with zero attached hydrogens (tertiary/aromatic N) is 2. The predicted octanol–water partition coefficient (Wildman–Crippen LogP) is 8.14. The van der Waals surface area contributed by atoms with Gasteiger partial charge in [-0.2, -0.15) is 0 Å². The molecule has 0 heterocycles. The van der Waals surface area contributed by atoms with Gasteiger partial charge in [0.25, 0.3) is 0 Å². The maximum absolute atomic E-state index is 10.0. The number of alkyl halides is 1. The van der Waals surface area contributed by atoms with Gasteiger partial charge in [-0.3, -0.25) is 4.39 Å². The number of quaternary nitrogens is 1. The van der Waals surface area contributed by atoms with Gasteiger partial charge in [0.2, 0.25) is 0 Å². The molecule has 198 valence electrons. The average molecular weight is 449 g/mol. The van der Waals surface area contributed by atoms with E-state index in [1.54, 1.807) is 21.1 Å². The summed E-state index contributed by atoms with van der Waals surface area (Å²) in [5, 5.41) is 17.0. The van der Waals surface area contributed by atoms with Crippen molar-refractivity contribution >= 4 is 0 Å². The molecule has 0 rings (SSSR count). The highest BCUT2D eigenvalue weighted by molar-refractivity contribution is 4.21. The van der Waals surface area contributed by atoms with Crippen LogP contribution in [0.15, 0.2) is 0 Å². The number of aliphatic hydroxyl groups is 1. The van der Waals surface area contributed by atoms with Gasteiger partial charge in [0.05, 0.1) is 28.3 Å². The molecule has 1 N–H and O–H groups in total. The van der Waals surface area contributed by atoms with Crippen molar-refractivity contribution in [2.45, 2.75) is 102 Å². The normalized spacial score (nSPS) is 7.80. The van der Waals surface area contributed by atoms with E-state index in [2.05, 4.69) is 83.1 Å². The highest BCUT2D eigenvalue weighted by Crippen LogP contribution is 1.81. The number of hydrogen-bond acceptors (Lipinski definition) is 3. The van der Waals surface area contributed by atoms with E-state index in [0.29, 0.717) is 7.18 Å². The summed E-state index contributed by atoms with van der Waals surface area (Å²) in [5.41, 5.74) is 0. The Bertz CT molecular complexity index is 128. The summed E-state index contributed by atoms with van der Waals surface area (Å²) in [7, 11) is 12.2. The lowest BCUT2D eigenvalue weighted by Gasteiger charge is -2.27. The van der Waals surface area contributed by atoms with Crippen molar-refractivity contribution in [1.82, 2.24) is 4.90 Å². The molecule has 0 aromatic heterocycles. The Morgan fingerprint density at radius 1 is 0.633 bits per heavy atom. The molecule has 4 nitrogen and oxygen atoms in total. The largest absolute Gasteiger partial charge is 0.633 e. The maximum atomic E-state index is 10.0. The molecular formula is C25H69FN2O2. The third-order valence-electron chi connectivity index (χ3n) is 0. The Morgan fingerprint density at radius 2 is 0.633 bits per heavy atom. The second kappa shape index (κ2) is 70.3. The molecule has 0 aliphatic rings. The maximum Gasteiger partial charge on any atom is 0.0785 e. The summed E-state index contributed by atoms with van der Waals surface area (Å²) in [6, 6.07) is 0. The van der Waals surface area contributed by atoms with Crippen molar-refractivity contribution in [2.75, 3.05) is 56.6 Å². The first-order valence-electron chi connectivity index (χ1n) is 11.4. The van der Waals surface area contributed by atoms with Gasteiger partial charge in [0.1, 0.15) is 0 Å². The minimum atomic E-state index is -0.250. The topological polar surface area (TPSA) is 46.5 Å². The highest BCUT2D eigenvalue weighted by Gasteiger charge is 1.79. The van der Waals surface area contributed by atoms with Gasteiger partial charge in [-0.25, -0.2) is 0 Å². The van der Waals surface area contributed by atoms with Gasteiger partial charge >= 0.3 is 0 Å². The summed E-state index contributed by atoms with van der Waals surface area (Å²) in [4.78, 5) is 2.00. The van der Waals surface area contributed by atoms with Crippen molar-refractivity contribution in [1.29, 1.82) is 0 Å². The second-order valence-corrected chi connectivity index (χ2v) is 8.82. The van der Waals surface area contributed by atoms with Gasteiger partial charge < -0.3 is 19.9 Å². The first kappa shape index (κ1) is 57.1. The van der Waals surface area contributed by atoms with E-state index in [1.165, 1.54) is 19.3 Å². The van der Waals surface area contributed by atoms with Crippen LogP contribution in [-0.2, 0) is 0 Å². The number of halogens is 1. The van der Waals surface area contributed by atoms with Gasteiger partial charge in [0.15, 0.2) is 0 Å². The van der Waals surface area contributed by atoms with Crippen LogP contribution in [0.1, 0.15) is 102 Å². The van der Waals surface area contributed by atoms with E-state index >= 15 is 0 Å². The fourth-order valence-electron chi connectivity index (χ4n) is 0. The molecule has 0 aliphatic carbocycles. The first-order valence-corrected chi connectivity index (χ1v) is 11.4. The molecule has 0 saturated carbocycles. The van der Waals surface area contributed by atoms with E-state index in [0.717, 1.165) is 18.9 Å². The summed E-state index contributed by atoms with van der Waals surface area (Å²) in [6.45, 7) is 25.8. The Labute approximate surface area is 195 Å². The third kappa shape index (κ3) is 376000. The molecule has 0 unspecified atom stereocenters. The number of hydrogen-bond donors (Lipinski definition) is 1. The van der Waals surface area contributed by atoms with Crippen molar-refractivity contribution < 1.29 is 14.1 Å². The van der Waals surface area contributed by atoms with Crippen LogP contribution in [0.3, 0.4) is 0 Å². The first-order chi connectivity index (χ1) is 13.4. The Hall–Kier alpha value is -0.230. The van der Waals surface area contributed by atoms with Crippen LogP contribution in [0.25, 0.3) is 0 Å². The van der Waals surface area contributed by atoms with Gasteiger partial charge in [0, 0.05) is 7.11 Å². The highest BCUT2D eigenvalue weighted by atomic mass is 19.1. The lowest BCUT2D eigenvalue weighted by atomic mass is 10.3. The van der Waals surface area contributed by atoms with Crippen LogP contribution in [0.5, 0.6) is 0 Å². The van der Waals surface area contributed by atoms with Crippen LogP contribution in [0, 0.1) is 17.0 Å². The summed E-state index contributed by atoms with van der Waals surface area (Å²) >= 11 is 0. The lowest BCUT2D eigenvalue weighted by Crippen LogP contribution is -2.25. The van der Waals surface area contributed by atoms with E-state index in [-0.39, 0.29) is 4.65 Å². The molecule has 0 fully saturated rings. The Balaban J connectivity index is -0.0000000240. The van der Waals surface area contributed by atoms with E-state index < -0.39 is 0 Å². The molecule has 0 aromatic carbocycles. The quantitative estimate of drug-likeness (QED) is 0.300. The van der Waals surface area contributed by atoms with Crippen molar-refractivity contribution in [2.24, 2.45) is 11.8 Å². The van der Waals surface area contributed by atoms with E-state index in [4.69, 9.17) is 5.11 Å². The minimum absolute atomic E-state index is 0.250. The van der Waals surface area contributed by atoms with Crippen LogP contribution in [0.4, 0.5) is 4.39 Å². The summed E-state index contributed by atoms with van der Waals surface area (Å²) in [6.07, 6.45) is 3.75. The van der Waals surface area contributed by atoms with Gasteiger partial charge in [-0.15, -0.1) is 0 Å². The monoisotopic (exact) mass is 449 g/mol. The molecule has 0 radical (unpaired) electrons. The number of rotatable bonds is 0. The SMILES string of the molecule is CC(C)C.CC(C)C.CCC.CCC.CCC.CF.CN(C)C.CO.C[N+](C)(C)[O-]. The predicted molar refractivity (Wildman–Crippen MR) is 145 cm³/mol. The zero-order valence-electron chi connectivity index (χ0n) is 25.4. The van der Waals surface area contributed by atoms with E-state index in [1.807, 2.05) is 26.0 Å². The van der Waals surface area contributed by atoms with Crippen LogP contribution < -0.4 is 0 Å². The number of aliphatic hydroxyl groups excluding tert-OH is 1. The summed E-state index contributed by atoms with van der Waals surface area (Å²) < 4.78 is 9.25. The van der Waals surface area contributed by atoms with Crippen LogP contribution >= 0.6 is 0 Å². The van der Waals surface area contributed by atoms with Crippen LogP contribution in [0.2, 0.25) is 0 Å². The zero-order chi connectivity index (χ0) is 27.4. The second-order valence-electron chi connectivity index (χ2n) is 8.82. The van der Waals surface area contributed by atoms with Crippen molar-refractivity contribution in [3.63, 3.8) is 0 Å². The molecule has 0 bridgehead atoms. The number of hydroxylamine groups is 3. The average Bonchev–Trinajstić information content (AvgIpc) is 2.49. The molecule has 0 amide bonds. The standard InChI is InChI=1S/2C4H10.C3H9NO.C3H9N.3C3H8.CH3F.CH4O/c2*1-4(2)3;1-4(2,3)5;1-4(2)3;3*1-3-2;2*1-2/h2*4H,1-3H3;1-3H3;1-3H3;3*3H2,1-2H3;1H3;2H,1H3. The molecule has 0 aliphatic heterocycles. The molecular weight excluding hydrogens is 379 g/mol. The smallest absolute Gasteiger partial charge is 0.0785 e. The molecule has 0 spiro atoms. The molecule has 0 saturated heterocycles.